The number of rotatable bonds is 5. The molecule has 0 spiro atoms. The van der Waals surface area contributed by atoms with Gasteiger partial charge < -0.3 is 14.5 Å². The van der Waals surface area contributed by atoms with Crippen LogP contribution in [0, 0.1) is 0 Å². The highest BCUT2D eigenvalue weighted by Gasteiger charge is 2.26. The molecule has 0 amide bonds. The molecule has 5 nitrogen and oxygen atoms in total. The summed E-state index contributed by atoms with van der Waals surface area (Å²) in [7, 11) is -2.90. The first kappa shape index (κ1) is 16.2. The Morgan fingerprint density at radius 3 is 1.62 bits per heavy atom. The zero-order valence-electron chi connectivity index (χ0n) is 12.9. The molecule has 24 heavy (non-hydrogen) atoms. The summed E-state index contributed by atoms with van der Waals surface area (Å²) in [5, 5.41) is 0.722. The molecule has 0 unspecified atom stereocenters. The Morgan fingerprint density at radius 2 is 1.17 bits per heavy atom. The molecule has 0 atom stereocenters. The third kappa shape index (κ3) is 3.81. The molecule has 0 saturated carbocycles. The van der Waals surface area contributed by atoms with Crippen LogP contribution in [0.25, 0.3) is 0 Å². The Kier molecular flexibility index (Phi) is 4.63. The first-order chi connectivity index (χ1) is 11.5. The van der Waals surface area contributed by atoms with Gasteiger partial charge in [0.15, 0.2) is 0 Å². The smallest absolute Gasteiger partial charge is 0.248 e. The maximum Gasteiger partial charge on any atom is 0.248 e. The van der Waals surface area contributed by atoms with E-state index in [9.17, 15) is 14.2 Å². The zero-order valence-corrected chi connectivity index (χ0v) is 13.8. The Morgan fingerprint density at radius 1 is 0.667 bits per heavy atom. The Bertz CT molecular complexity index is 933. The third-order valence-electron chi connectivity index (χ3n) is 3.74. The molecule has 3 aromatic rings. The van der Waals surface area contributed by atoms with E-state index >= 15 is 0 Å². The minimum Gasteiger partial charge on any atom is -0.326 e. The van der Waals surface area contributed by atoms with E-state index < -0.39 is 7.14 Å². The van der Waals surface area contributed by atoms with Crippen molar-refractivity contribution in [1.29, 1.82) is 0 Å². The van der Waals surface area contributed by atoms with E-state index in [4.69, 9.17) is 0 Å². The largest absolute Gasteiger partial charge is 0.326 e. The first-order valence-corrected chi connectivity index (χ1v) is 9.63. The monoisotopic (exact) mass is 340 g/mol. The second-order valence-electron chi connectivity index (χ2n) is 5.62. The van der Waals surface area contributed by atoms with Crippen molar-refractivity contribution in [3.63, 3.8) is 0 Å². The van der Waals surface area contributed by atoms with E-state index in [0.717, 1.165) is 5.30 Å². The Labute approximate surface area is 138 Å². The van der Waals surface area contributed by atoms with Crippen molar-refractivity contribution in [3.8, 4) is 0 Å². The molecule has 1 aromatic carbocycles. The van der Waals surface area contributed by atoms with Crippen LogP contribution in [0.15, 0.2) is 76.3 Å². The predicted molar refractivity (Wildman–Crippen MR) is 95.2 cm³/mol. The van der Waals surface area contributed by atoms with Crippen molar-refractivity contribution in [3.05, 3.63) is 98.8 Å². The van der Waals surface area contributed by atoms with Crippen LogP contribution in [0.4, 0.5) is 0 Å². The van der Waals surface area contributed by atoms with Crippen molar-refractivity contribution in [2.24, 2.45) is 0 Å². The molecule has 0 aliphatic rings. The summed E-state index contributed by atoms with van der Waals surface area (Å²) < 4.78 is 13.7. The normalized spacial score (nSPS) is 11.3. The molecule has 0 fully saturated rings. The molecule has 122 valence electrons. The second kappa shape index (κ2) is 6.85. The molecule has 3 rings (SSSR count). The standard InChI is InChI=1S/C18H17N2O3P/c21-17-10-4-6-14(19-17)12-24(23,16-8-2-1-3-9-16)13-15-7-5-11-18(22)20-15/h1-11H,12-13H2,(H,19,21)(H,20,22). The average Bonchev–Trinajstić information content (AvgIpc) is 2.55. The number of aromatic amines is 2. The van der Waals surface area contributed by atoms with Crippen LogP contribution >= 0.6 is 7.14 Å². The molecular formula is C18H17N2O3P. The van der Waals surface area contributed by atoms with Crippen LogP contribution in [0.5, 0.6) is 0 Å². The van der Waals surface area contributed by atoms with Crippen LogP contribution in [0.2, 0.25) is 0 Å². The van der Waals surface area contributed by atoms with Gasteiger partial charge in [-0.05, 0) is 12.1 Å². The van der Waals surface area contributed by atoms with E-state index in [0.29, 0.717) is 11.4 Å². The summed E-state index contributed by atoms with van der Waals surface area (Å²) in [5.41, 5.74) is 0.793. The number of hydrogen-bond acceptors (Lipinski definition) is 3. The van der Waals surface area contributed by atoms with E-state index in [1.807, 2.05) is 30.3 Å². The fourth-order valence-electron chi connectivity index (χ4n) is 2.66. The number of H-pyrrole nitrogens is 2. The maximum atomic E-state index is 13.7. The van der Waals surface area contributed by atoms with Crippen LogP contribution in [-0.2, 0) is 16.9 Å². The Hall–Kier alpha value is -2.65. The highest BCUT2D eigenvalue weighted by atomic mass is 31.2. The summed E-state index contributed by atoms with van der Waals surface area (Å²) >= 11 is 0. The van der Waals surface area contributed by atoms with Crippen molar-refractivity contribution in [1.82, 2.24) is 9.97 Å². The lowest BCUT2D eigenvalue weighted by molar-refractivity contribution is 0.579. The van der Waals surface area contributed by atoms with Gasteiger partial charge in [0, 0.05) is 41.1 Å². The summed E-state index contributed by atoms with van der Waals surface area (Å²) in [6, 6.07) is 18.8. The van der Waals surface area contributed by atoms with Gasteiger partial charge in [-0.2, -0.15) is 0 Å². The van der Waals surface area contributed by atoms with E-state index in [2.05, 4.69) is 9.97 Å². The molecule has 2 aromatic heterocycles. The van der Waals surface area contributed by atoms with Gasteiger partial charge in [0.25, 0.3) is 0 Å². The van der Waals surface area contributed by atoms with Gasteiger partial charge in [-0.1, -0.05) is 42.5 Å². The lowest BCUT2D eigenvalue weighted by Crippen LogP contribution is -2.14. The molecule has 0 bridgehead atoms. The van der Waals surface area contributed by atoms with Gasteiger partial charge in [0.05, 0.1) is 0 Å². The molecule has 2 N–H and O–H groups in total. The number of hydrogen-bond donors (Lipinski definition) is 2. The molecule has 2 heterocycles. The first-order valence-electron chi connectivity index (χ1n) is 7.55. The van der Waals surface area contributed by atoms with Crippen molar-refractivity contribution in [2.75, 3.05) is 0 Å². The quantitative estimate of drug-likeness (QED) is 0.700. The summed E-state index contributed by atoms with van der Waals surface area (Å²) in [6.45, 7) is 0. The van der Waals surface area contributed by atoms with Crippen molar-refractivity contribution >= 4 is 12.4 Å². The molecular weight excluding hydrogens is 323 g/mol. The molecule has 0 aliphatic heterocycles. The van der Waals surface area contributed by atoms with Gasteiger partial charge in [-0.15, -0.1) is 0 Å². The van der Waals surface area contributed by atoms with Crippen molar-refractivity contribution < 1.29 is 4.57 Å². The number of aromatic nitrogens is 2. The van der Waals surface area contributed by atoms with Crippen LogP contribution in [-0.4, -0.2) is 9.97 Å². The lowest BCUT2D eigenvalue weighted by Gasteiger charge is -2.19. The van der Waals surface area contributed by atoms with Gasteiger partial charge >= 0.3 is 0 Å². The third-order valence-corrected chi connectivity index (χ3v) is 6.68. The maximum absolute atomic E-state index is 13.7. The zero-order chi connectivity index (χ0) is 17.0. The summed E-state index contributed by atoms with van der Waals surface area (Å²) in [6.07, 6.45) is 0.452. The summed E-state index contributed by atoms with van der Waals surface area (Å²) in [4.78, 5) is 28.5. The van der Waals surface area contributed by atoms with Gasteiger partial charge in [0.2, 0.25) is 11.1 Å². The van der Waals surface area contributed by atoms with Gasteiger partial charge in [-0.25, -0.2) is 0 Å². The molecule has 0 saturated heterocycles. The van der Waals surface area contributed by atoms with Gasteiger partial charge in [-0.3, -0.25) is 9.59 Å². The van der Waals surface area contributed by atoms with Crippen LogP contribution in [0.3, 0.4) is 0 Å². The fourth-order valence-corrected chi connectivity index (χ4v) is 5.32. The Balaban J connectivity index is 2.02. The van der Waals surface area contributed by atoms with E-state index in [-0.39, 0.29) is 23.4 Å². The number of pyridine rings is 2. The fraction of sp³-hybridized carbons (Fsp3) is 0.111. The lowest BCUT2D eigenvalue weighted by atomic mass is 10.4. The topological polar surface area (TPSA) is 82.8 Å². The minimum absolute atomic E-state index is 0.222. The molecule has 6 heteroatoms. The highest BCUT2D eigenvalue weighted by molar-refractivity contribution is 7.70. The number of nitrogens with one attached hydrogen (secondary N) is 2. The second-order valence-corrected chi connectivity index (χ2v) is 8.55. The van der Waals surface area contributed by atoms with E-state index in [1.54, 1.807) is 24.3 Å². The molecule has 0 radical (unpaired) electrons. The van der Waals surface area contributed by atoms with Crippen molar-refractivity contribution in [2.45, 2.75) is 12.3 Å². The SMILES string of the molecule is O=c1cccc(CP(=O)(Cc2cccc(=O)[nH]2)c2ccccc2)[nH]1. The highest BCUT2D eigenvalue weighted by Crippen LogP contribution is 2.50. The van der Waals surface area contributed by atoms with E-state index in [1.165, 1.54) is 12.1 Å². The molecule has 0 aliphatic carbocycles. The average molecular weight is 340 g/mol. The van der Waals surface area contributed by atoms with Crippen LogP contribution < -0.4 is 16.4 Å². The minimum atomic E-state index is -2.90. The van der Waals surface area contributed by atoms with Gasteiger partial charge in [0.1, 0.15) is 7.14 Å². The summed E-state index contributed by atoms with van der Waals surface area (Å²) in [5.74, 6) is 0. The van der Waals surface area contributed by atoms with Crippen LogP contribution in [0.1, 0.15) is 11.4 Å². The predicted octanol–water partition coefficient (Wildman–Crippen LogP) is 2.45. The number of benzene rings is 1.